The predicted octanol–water partition coefficient (Wildman–Crippen LogP) is 3.50. The van der Waals surface area contributed by atoms with Crippen molar-refractivity contribution in [1.82, 2.24) is 49.1 Å². The van der Waals surface area contributed by atoms with E-state index in [0.29, 0.717) is 36.6 Å². The lowest BCUT2D eigenvalue weighted by molar-refractivity contribution is -0.141. The first kappa shape index (κ1) is 40.3. The van der Waals surface area contributed by atoms with Crippen LogP contribution in [0.3, 0.4) is 0 Å². The highest BCUT2D eigenvalue weighted by Gasteiger charge is 2.56. The molecule has 0 radical (unpaired) electrons. The first-order valence-electron chi connectivity index (χ1n) is 21.2. The fourth-order valence-corrected chi connectivity index (χ4v) is 10.00. The standard InChI is InChI=1S/C43H42F4N12O5/c1-20-50-30-13-28(46)36(47)35(29-8-9-48-43(62)51-29)37(30)55(20)17-25(63-3)16-54(2)40(60)33-11-21-10-32(21)58(33)38-26-14-49-59(31-7-4-22(44)12-27(31)45)39(26)53-42(52-38)57-24-15-56(23-5-6-23)41(61)34(57)19-64-18-24/h4,7-9,12-14,21,23-25,32-34H,5-6,10-11,15-19H2,1-3H3,(H,48,51,62)/t21-,24+,25-,32?,33-,34+/m0/s1. The summed E-state index contributed by atoms with van der Waals surface area (Å²) in [4.78, 5) is 68.9. The number of halogens is 4. The summed E-state index contributed by atoms with van der Waals surface area (Å²) in [7, 11) is 3.16. The number of aromatic amines is 1. The number of piperidine rings is 1. The first-order chi connectivity index (χ1) is 30.9. The molecule has 2 aliphatic carbocycles. The number of nitrogens with one attached hydrogen (secondary N) is 1. The number of rotatable bonds is 11. The molecule has 5 aliphatic rings. The maximum absolute atomic E-state index is 15.6. The molecule has 2 bridgehead atoms. The summed E-state index contributed by atoms with van der Waals surface area (Å²) in [5, 5.41) is 4.97. The Balaban J connectivity index is 0.937. The Morgan fingerprint density at radius 3 is 2.61 bits per heavy atom. The van der Waals surface area contributed by atoms with Gasteiger partial charge in [-0.25, -0.2) is 37.0 Å². The van der Waals surface area contributed by atoms with E-state index in [9.17, 15) is 23.2 Å². The largest absolute Gasteiger partial charge is 0.378 e. The van der Waals surface area contributed by atoms with E-state index in [0.717, 1.165) is 37.5 Å². The summed E-state index contributed by atoms with van der Waals surface area (Å²) in [6, 6.07) is 4.04. The molecule has 6 atom stereocenters. The maximum Gasteiger partial charge on any atom is 0.345 e. The average molecular weight is 883 g/mol. The molecule has 332 valence electrons. The van der Waals surface area contributed by atoms with Crippen LogP contribution in [0.4, 0.5) is 29.3 Å². The van der Waals surface area contributed by atoms with Crippen molar-refractivity contribution in [2.24, 2.45) is 5.92 Å². The van der Waals surface area contributed by atoms with Crippen LogP contribution in [-0.4, -0.2) is 138 Å². The van der Waals surface area contributed by atoms with E-state index >= 15 is 8.78 Å². The Morgan fingerprint density at radius 1 is 1.02 bits per heavy atom. The third kappa shape index (κ3) is 6.57. The van der Waals surface area contributed by atoms with E-state index in [1.54, 1.807) is 23.4 Å². The number of hydrogen-bond acceptors (Lipinski definition) is 12. The van der Waals surface area contributed by atoms with Gasteiger partial charge in [-0.2, -0.15) is 15.1 Å². The van der Waals surface area contributed by atoms with Crippen LogP contribution in [0.2, 0.25) is 0 Å². The van der Waals surface area contributed by atoms with E-state index in [2.05, 4.69) is 20.1 Å². The highest BCUT2D eigenvalue weighted by Crippen LogP contribution is 2.51. The number of piperazine rings is 1. The normalized spacial score (nSPS) is 23.3. The second-order valence-corrected chi connectivity index (χ2v) is 17.3. The number of methoxy groups -OCH3 is 1. The topological polar surface area (TPSA) is 173 Å². The number of amides is 2. The lowest BCUT2D eigenvalue weighted by atomic mass is 10.0. The molecule has 3 saturated heterocycles. The molecule has 1 unspecified atom stereocenters. The second-order valence-electron chi connectivity index (χ2n) is 17.3. The van der Waals surface area contributed by atoms with Crippen molar-refractivity contribution >= 4 is 45.6 Å². The van der Waals surface area contributed by atoms with E-state index in [-0.39, 0.29) is 95.1 Å². The fourth-order valence-electron chi connectivity index (χ4n) is 10.00. The molecular weight excluding hydrogens is 841 g/mol. The van der Waals surface area contributed by atoms with E-state index < -0.39 is 47.1 Å². The number of morpholine rings is 1. The van der Waals surface area contributed by atoms with Gasteiger partial charge in [0.2, 0.25) is 17.8 Å². The first-order valence-corrected chi connectivity index (χ1v) is 21.2. The van der Waals surface area contributed by atoms with Crippen LogP contribution < -0.4 is 15.5 Å². The second kappa shape index (κ2) is 15.1. The van der Waals surface area contributed by atoms with Crippen molar-refractivity contribution in [2.45, 2.75) is 75.5 Å². The minimum atomic E-state index is -1.17. The van der Waals surface area contributed by atoms with Crippen LogP contribution in [-0.2, 0) is 25.6 Å². The molecule has 0 spiro atoms. The number of H-pyrrole nitrogens is 1. The van der Waals surface area contributed by atoms with Gasteiger partial charge in [0.1, 0.15) is 35.2 Å². The van der Waals surface area contributed by atoms with Gasteiger partial charge in [0, 0.05) is 57.7 Å². The molecule has 5 fully saturated rings. The molecule has 21 heteroatoms. The molecule has 1 N–H and O–H groups in total. The van der Waals surface area contributed by atoms with Crippen molar-refractivity contribution in [2.75, 3.05) is 50.3 Å². The van der Waals surface area contributed by atoms with Crippen LogP contribution in [0.5, 0.6) is 0 Å². The van der Waals surface area contributed by atoms with Crippen molar-refractivity contribution < 1.29 is 36.6 Å². The van der Waals surface area contributed by atoms with Gasteiger partial charge in [-0.15, -0.1) is 0 Å². The molecule has 2 saturated carbocycles. The Morgan fingerprint density at radius 2 is 1.84 bits per heavy atom. The maximum atomic E-state index is 15.6. The quantitative estimate of drug-likeness (QED) is 0.188. The van der Waals surface area contributed by atoms with Gasteiger partial charge in [0.25, 0.3) is 0 Å². The van der Waals surface area contributed by atoms with Crippen molar-refractivity contribution in [3.8, 4) is 16.9 Å². The van der Waals surface area contributed by atoms with Gasteiger partial charge < -0.3 is 38.6 Å². The van der Waals surface area contributed by atoms with Crippen LogP contribution in [0, 0.1) is 36.1 Å². The van der Waals surface area contributed by atoms with Gasteiger partial charge in [-0.05, 0) is 56.7 Å². The Hall–Kier alpha value is -6.48. The highest BCUT2D eigenvalue weighted by molar-refractivity contribution is 5.95. The van der Waals surface area contributed by atoms with Crippen LogP contribution >= 0.6 is 0 Å². The minimum absolute atomic E-state index is 0.0169. The fraction of sp³-hybridized carbons (Fsp3) is 0.442. The number of ether oxygens (including phenoxy) is 2. The lowest BCUT2D eigenvalue weighted by Crippen LogP contribution is -2.68. The zero-order chi connectivity index (χ0) is 44.3. The Labute approximate surface area is 361 Å². The van der Waals surface area contributed by atoms with E-state index in [4.69, 9.17) is 19.4 Å². The number of aromatic nitrogens is 8. The van der Waals surface area contributed by atoms with E-state index in [1.807, 2.05) is 14.7 Å². The van der Waals surface area contributed by atoms with Gasteiger partial charge in [0.15, 0.2) is 23.1 Å². The SMILES string of the molecule is CO[C@@H](CN(C)C(=O)[C@@H]1C[C@@H]2CC2N1c1nc(N2[C@H]3COC[C@@H]2C(=O)N(C2CC2)C3)nc2c1cnn2-c1ccc(F)cc1F)Cn1c(C)nc2cc(F)c(F)c(-c3ccnc(=O)[nH]3)c21. The molecule has 17 nitrogen and oxygen atoms in total. The number of imidazole rings is 1. The van der Waals surface area contributed by atoms with Gasteiger partial charge in [-0.3, -0.25) is 9.59 Å². The van der Waals surface area contributed by atoms with Crippen molar-refractivity contribution in [1.29, 1.82) is 0 Å². The number of carbonyl (C=O) groups excluding carboxylic acids is 2. The number of carbonyl (C=O) groups is 2. The molecule has 2 amide bonds. The van der Waals surface area contributed by atoms with Crippen LogP contribution in [0.25, 0.3) is 39.0 Å². The van der Waals surface area contributed by atoms with Crippen LogP contribution in [0.1, 0.15) is 31.5 Å². The molecule has 6 aromatic rings. The number of nitrogens with zero attached hydrogens (tertiary/aromatic N) is 11. The number of hydrogen-bond donors (Lipinski definition) is 1. The van der Waals surface area contributed by atoms with Gasteiger partial charge in [-0.1, -0.05) is 0 Å². The van der Waals surface area contributed by atoms with Crippen LogP contribution in [0.15, 0.2) is 47.5 Å². The minimum Gasteiger partial charge on any atom is -0.378 e. The monoisotopic (exact) mass is 882 g/mol. The average Bonchev–Trinajstić information content (AvgIpc) is 4.17. The third-order valence-corrected chi connectivity index (χ3v) is 13.3. The Bertz CT molecular complexity index is 2960. The number of fused-ring (bicyclic) bond motifs is 5. The summed E-state index contributed by atoms with van der Waals surface area (Å²) < 4.78 is 74.9. The van der Waals surface area contributed by atoms with Gasteiger partial charge in [0.05, 0.1) is 65.8 Å². The summed E-state index contributed by atoms with van der Waals surface area (Å²) in [5.74, 6) is -2.99. The van der Waals surface area contributed by atoms with Crippen molar-refractivity contribution in [3.63, 3.8) is 0 Å². The molecule has 3 aliphatic heterocycles. The smallest absolute Gasteiger partial charge is 0.345 e. The zero-order valence-corrected chi connectivity index (χ0v) is 34.9. The highest BCUT2D eigenvalue weighted by atomic mass is 19.2. The van der Waals surface area contributed by atoms with Gasteiger partial charge >= 0.3 is 5.69 Å². The zero-order valence-electron chi connectivity index (χ0n) is 34.9. The molecule has 7 heterocycles. The number of aryl methyl sites for hydroxylation is 1. The molecule has 64 heavy (non-hydrogen) atoms. The van der Waals surface area contributed by atoms with Crippen molar-refractivity contribution in [3.05, 3.63) is 82.3 Å². The molecule has 4 aromatic heterocycles. The number of anilines is 2. The predicted molar refractivity (Wildman–Crippen MR) is 222 cm³/mol. The molecule has 11 rings (SSSR count). The Kier molecular flexibility index (Phi) is 9.49. The molecular formula is C43H42F4N12O5. The van der Waals surface area contributed by atoms with E-state index in [1.165, 1.54) is 36.3 Å². The summed E-state index contributed by atoms with van der Waals surface area (Å²) in [6.07, 6.45) is 5.28. The number of benzene rings is 2. The molecule has 2 aromatic carbocycles. The summed E-state index contributed by atoms with van der Waals surface area (Å²) >= 11 is 0. The summed E-state index contributed by atoms with van der Waals surface area (Å²) in [5.41, 5.74) is -0.338. The number of likely N-dealkylation sites (N-methyl/N-ethyl adjacent to an activating group) is 1. The third-order valence-electron chi connectivity index (χ3n) is 13.3. The lowest BCUT2D eigenvalue weighted by Gasteiger charge is -2.49. The summed E-state index contributed by atoms with van der Waals surface area (Å²) in [6.45, 7) is 2.74.